The molecule has 3 aromatic carbocycles. The zero-order valence-electron chi connectivity index (χ0n) is 33.6. The number of sulfonamides is 2. The van der Waals surface area contributed by atoms with Crippen LogP contribution in [0.5, 0.6) is 11.5 Å². The Morgan fingerprint density at radius 3 is 2.41 bits per heavy atom. The molecule has 0 saturated carbocycles. The first-order valence-corrected chi connectivity index (χ1v) is 21.8. The van der Waals surface area contributed by atoms with E-state index in [-0.39, 0.29) is 54.1 Å². The normalized spacial score (nSPS) is 18.7. The topological polar surface area (TPSA) is 179 Å². The molecule has 0 bridgehead atoms. The molecule has 1 aliphatic heterocycles. The van der Waals surface area contributed by atoms with Crippen molar-refractivity contribution in [3.8, 4) is 11.5 Å². The molecule has 0 saturated heterocycles. The minimum Gasteiger partial charge on any atom is -0.497 e. The van der Waals surface area contributed by atoms with E-state index in [0.29, 0.717) is 48.8 Å². The quantitative estimate of drug-likeness (QED) is 0.157. The molecular weight excluding hydrogens is 794 g/mol. The molecule has 4 aromatic rings. The van der Waals surface area contributed by atoms with Crippen molar-refractivity contribution in [2.45, 2.75) is 75.5 Å². The standard InChI is InChI=1S/C40H52FN5O10S2/c1-27-23-46(28(2)25-53-26-31-10-15-34(52-6)16-11-31)58(50,51)38-22-33(42-40(47)43-39-29(3)44-56-30(39)4)14-19-36(38)54-20-8-7-9-21-55-37(27)24-45(5)57(48,49)35-17-12-32(41)13-18-35/h10-19,22,27-28,37H,7-9,20-21,23-26H2,1-6H3,(H2,42,43,47)/t27-,28+,37+/m1/s1. The first-order chi connectivity index (χ1) is 27.6. The molecule has 18 heteroatoms. The van der Waals surface area contributed by atoms with Gasteiger partial charge in [-0.25, -0.2) is 26.0 Å². The Morgan fingerprint density at radius 2 is 1.74 bits per heavy atom. The number of carbonyl (C=O) groups is 1. The van der Waals surface area contributed by atoms with Gasteiger partial charge in [-0.05, 0) is 106 Å². The predicted molar refractivity (Wildman–Crippen MR) is 216 cm³/mol. The second-order valence-corrected chi connectivity index (χ2v) is 18.2. The second-order valence-electron chi connectivity index (χ2n) is 14.3. The summed E-state index contributed by atoms with van der Waals surface area (Å²) in [7, 11) is -5.49. The van der Waals surface area contributed by atoms with Gasteiger partial charge in [-0.3, -0.25) is 0 Å². The fourth-order valence-corrected chi connectivity index (χ4v) is 9.43. The summed E-state index contributed by atoms with van der Waals surface area (Å²) in [5.74, 6) is 0.0760. The molecule has 0 unspecified atom stereocenters. The van der Waals surface area contributed by atoms with Crippen LogP contribution in [0.25, 0.3) is 0 Å². The second kappa shape index (κ2) is 19.9. The number of aromatic nitrogens is 1. The number of urea groups is 1. The van der Waals surface area contributed by atoms with Crippen molar-refractivity contribution < 1.29 is 49.5 Å². The fourth-order valence-electron chi connectivity index (χ4n) is 6.37. The van der Waals surface area contributed by atoms with Crippen molar-refractivity contribution in [2.75, 3.05) is 57.7 Å². The predicted octanol–water partition coefficient (Wildman–Crippen LogP) is 6.58. The van der Waals surface area contributed by atoms with Crippen LogP contribution in [-0.4, -0.2) is 95.8 Å². The van der Waals surface area contributed by atoms with Gasteiger partial charge in [-0.15, -0.1) is 0 Å². The van der Waals surface area contributed by atoms with Gasteiger partial charge in [0.15, 0.2) is 5.76 Å². The zero-order valence-corrected chi connectivity index (χ0v) is 35.2. The van der Waals surface area contributed by atoms with Crippen molar-refractivity contribution in [1.82, 2.24) is 13.8 Å². The zero-order chi connectivity index (χ0) is 42.0. The Balaban J connectivity index is 1.47. The lowest BCUT2D eigenvalue weighted by atomic mass is 10.0. The van der Waals surface area contributed by atoms with E-state index in [0.717, 1.165) is 22.0 Å². The largest absolute Gasteiger partial charge is 0.497 e. The summed E-state index contributed by atoms with van der Waals surface area (Å²) in [5, 5.41) is 9.26. The third kappa shape index (κ3) is 11.3. The van der Waals surface area contributed by atoms with Crippen molar-refractivity contribution in [3.63, 3.8) is 0 Å². The number of methoxy groups -OCH3 is 1. The van der Waals surface area contributed by atoms with Gasteiger partial charge in [0.2, 0.25) is 20.0 Å². The summed E-state index contributed by atoms with van der Waals surface area (Å²) < 4.78 is 102. The molecular formula is C40H52FN5O10S2. The molecule has 1 aliphatic rings. The number of aryl methyl sites for hydroxylation is 2. The van der Waals surface area contributed by atoms with Crippen LogP contribution in [-0.2, 0) is 36.1 Å². The third-order valence-corrected chi connectivity index (χ3v) is 13.6. The Labute approximate surface area is 339 Å². The lowest BCUT2D eigenvalue weighted by Gasteiger charge is -2.35. The number of amides is 2. The van der Waals surface area contributed by atoms with E-state index in [2.05, 4.69) is 15.8 Å². The maximum absolute atomic E-state index is 15.0. The van der Waals surface area contributed by atoms with Crippen molar-refractivity contribution in [1.29, 1.82) is 0 Å². The summed E-state index contributed by atoms with van der Waals surface area (Å²) in [6.45, 7) is 7.35. The number of nitrogens with one attached hydrogen (secondary N) is 2. The van der Waals surface area contributed by atoms with E-state index in [1.807, 2.05) is 12.1 Å². The molecule has 58 heavy (non-hydrogen) atoms. The summed E-state index contributed by atoms with van der Waals surface area (Å²) in [6, 6.07) is 14.9. The number of anilines is 2. The molecule has 316 valence electrons. The number of nitrogens with zero attached hydrogens (tertiary/aromatic N) is 3. The summed E-state index contributed by atoms with van der Waals surface area (Å²) in [6.07, 6.45) is 1.18. The van der Waals surface area contributed by atoms with Crippen LogP contribution in [0.3, 0.4) is 0 Å². The van der Waals surface area contributed by atoms with Crippen LogP contribution >= 0.6 is 0 Å². The van der Waals surface area contributed by atoms with E-state index < -0.39 is 50.0 Å². The molecule has 2 heterocycles. The average Bonchev–Trinajstić information content (AvgIpc) is 3.51. The van der Waals surface area contributed by atoms with Crippen LogP contribution in [0.2, 0.25) is 0 Å². The number of carbonyl (C=O) groups excluding carboxylic acids is 1. The van der Waals surface area contributed by atoms with Gasteiger partial charge in [-0.2, -0.15) is 8.61 Å². The fraction of sp³-hybridized carbons (Fsp3) is 0.450. The highest BCUT2D eigenvalue weighted by Crippen LogP contribution is 2.33. The molecule has 3 atom stereocenters. The van der Waals surface area contributed by atoms with E-state index in [9.17, 15) is 17.6 Å². The van der Waals surface area contributed by atoms with Crippen molar-refractivity contribution in [3.05, 3.63) is 89.6 Å². The third-order valence-electron chi connectivity index (χ3n) is 9.78. The van der Waals surface area contributed by atoms with Crippen LogP contribution in [0.15, 0.2) is 81.0 Å². The lowest BCUT2D eigenvalue weighted by molar-refractivity contribution is -0.00283. The van der Waals surface area contributed by atoms with Crippen LogP contribution in [0.1, 0.15) is 50.1 Å². The summed E-state index contributed by atoms with van der Waals surface area (Å²) >= 11 is 0. The van der Waals surface area contributed by atoms with Gasteiger partial charge in [0, 0.05) is 38.5 Å². The molecule has 2 amide bonds. The van der Waals surface area contributed by atoms with Crippen LogP contribution in [0.4, 0.5) is 20.6 Å². The Kier molecular flexibility index (Phi) is 15.3. The molecule has 0 aliphatic carbocycles. The van der Waals surface area contributed by atoms with Crippen molar-refractivity contribution in [2.24, 2.45) is 5.92 Å². The number of likely N-dealkylation sites (N-methyl/N-ethyl adjacent to an activating group) is 1. The molecule has 1 aromatic heterocycles. The average molecular weight is 846 g/mol. The molecule has 15 nitrogen and oxygen atoms in total. The Morgan fingerprint density at radius 1 is 1.03 bits per heavy atom. The highest BCUT2D eigenvalue weighted by molar-refractivity contribution is 7.89. The Bertz CT molecular complexity index is 2180. The van der Waals surface area contributed by atoms with E-state index in [1.165, 1.54) is 35.6 Å². The van der Waals surface area contributed by atoms with E-state index in [1.54, 1.807) is 53.0 Å². The molecule has 2 N–H and O–H groups in total. The molecule has 0 fully saturated rings. The van der Waals surface area contributed by atoms with Gasteiger partial charge in [-0.1, -0.05) is 24.2 Å². The first-order valence-electron chi connectivity index (χ1n) is 18.9. The molecule has 5 rings (SSSR count). The van der Waals surface area contributed by atoms with Crippen molar-refractivity contribution >= 4 is 37.5 Å². The van der Waals surface area contributed by atoms with E-state index in [4.69, 9.17) is 23.5 Å². The Hall–Kier alpha value is -4.59. The first kappa shape index (κ1) is 44.5. The number of rotatable bonds is 12. The highest BCUT2D eigenvalue weighted by atomic mass is 32.2. The molecule has 0 radical (unpaired) electrons. The number of fused-ring (bicyclic) bond motifs is 1. The monoisotopic (exact) mass is 845 g/mol. The minimum absolute atomic E-state index is 0.00364. The smallest absolute Gasteiger partial charge is 0.323 e. The maximum atomic E-state index is 15.0. The summed E-state index contributed by atoms with van der Waals surface area (Å²) in [5.41, 5.74) is 1.90. The van der Waals surface area contributed by atoms with E-state index >= 15 is 8.42 Å². The SMILES string of the molecule is COc1ccc(COC[C@H](C)N2C[C@@H](C)[C@H](CN(C)S(=O)(=O)c3ccc(F)cc3)OCCCCCOc3ccc(NC(=O)Nc4c(C)noc4C)cc3S2(=O)=O)cc1. The van der Waals surface area contributed by atoms with Gasteiger partial charge >= 0.3 is 6.03 Å². The van der Waals surface area contributed by atoms with Crippen LogP contribution < -0.4 is 20.1 Å². The van der Waals surface area contributed by atoms with Gasteiger partial charge in [0.05, 0.1) is 37.9 Å². The maximum Gasteiger partial charge on any atom is 0.323 e. The van der Waals surface area contributed by atoms with Gasteiger partial charge in [0.1, 0.15) is 33.6 Å². The van der Waals surface area contributed by atoms with Gasteiger partial charge in [0.25, 0.3) is 0 Å². The van der Waals surface area contributed by atoms with Gasteiger partial charge < -0.3 is 34.1 Å². The minimum atomic E-state index is -4.42. The lowest BCUT2D eigenvalue weighted by Crippen LogP contribution is -2.48. The highest BCUT2D eigenvalue weighted by Gasteiger charge is 2.36. The number of hydrogen-bond donors (Lipinski definition) is 2. The number of ether oxygens (including phenoxy) is 4. The molecule has 0 spiro atoms. The summed E-state index contributed by atoms with van der Waals surface area (Å²) in [4.78, 5) is 12.8. The van der Waals surface area contributed by atoms with Crippen LogP contribution in [0, 0.1) is 25.6 Å². The number of benzene rings is 3. The number of hydrogen-bond acceptors (Lipinski definition) is 11. The number of halogens is 1.